The van der Waals surface area contributed by atoms with Crippen molar-refractivity contribution in [3.63, 3.8) is 0 Å². The van der Waals surface area contributed by atoms with Crippen LogP contribution in [0.1, 0.15) is 37.3 Å². The Balaban J connectivity index is 1.61. The van der Waals surface area contributed by atoms with Crippen LogP contribution in [-0.4, -0.2) is 23.7 Å². The van der Waals surface area contributed by atoms with Crippen LogP contribution in [0, 0.1) is 17.8 Å². The van der Waals surface area contributed by atoms with E-state index in [1.54, 1.807) is 0 Å². The van der Waals surface area contributed by atoms with Crippen LogP contribution in [0.4, 0.5) is 0 Å². The molecule has 0 aromatic heterocycles. The minimum Gasteiger partial charge on any atom is -0.396 e. The highest BCUT2D eigenvalue weighted by molar-refractivity contribution is 5.79. The fraction of sp³-hybridized carbons (Fsp3) is 0.611. The first kappa shape index (κ1) is 14.6. The molecule has 2 aliphatic rings. The summed E-state index contributed by atoms with van der Waals surface area (Å²) in [5.74, 6) is 1.57. The smallest absolute Gasteiger partial charge is 0.224 e. The van der Waals surface area contributed by atoms with Crippen LogP contribution < -0.4 is 5.32 Å². The van der Waals surface area contributed by atoms with Gasteiger partial charge in [-0.3, -0.25) is 4.79 Å². The second kappa shape index (κ2) is 6.18. The number of hydrogen-bond acceptors (Lipinski definition) is 2. The minimum atomic E-state index is 0.0965. The summed E-state index contributed by atoms with van der Waals surface area (Å²) in [4.78, 5) is 12.3. The van der Waals surface area contributed by atoms with Crippen LogP contribution in [0.15, 0.2) is 24.3 Å². The molecule has 1 aromatic carbocycles. The molecule has 0 radical (unpaired) electrons. The van der Waals surface area contributed by atoms with Gasteiger partial charge in [0.15, 0.2) is 0 Å². The van der Waals surface area contributed by atoms with Crippen LogP contribution >= 0.6 is 0 Å². The van der Waals surface area contributed by atoms with Crippen molar-refractivity contribution >= 4 is 5.91 Å². The van der Waals surface area contributed by atoms with Gasteiger partial charge in [-0.2, -0.15) is 0 Å². The number of hydrogen-bond donors (Lipinski definition) is 2. The Morgan fingerprint density at radius 2 is 2.05 bits per heavy atom. The zero-order chi connectivity index (χ0) is 14.8. The third kappa shape index (κ3) is 2.98. The predicted octanol–water partition coefficient (Wildman–Crippen LogP) is 2.31. The molecular formula is C18H25NO2. The van der Waals surface area contributed by atoms with E-state index in [0.717, 1.165) is 12.0 Å². The summed E-state index contributed by atoms with van der Waals surface area (Å²) in [6.07, 6.45) is 5.05. The Hall–Kier alpha value is -1.35. The highest BCUT2D eigenvalue weighted by Gasteiger charge is 2.47. The topological polar surface area (TPSA) is 49.3 Å². The average Bonchev–Trinajstić information content (AvgIpc) is 3.08. The molecule has 2 fully saturated rings. The van der Waals surface area contributed by atoms with Crippen LogP contribution in [0.2, 0.25) is 0 Å². The average molecular weight is 287 g/mol. The number of aliphatic hydroxyl groups is 1. The molecule has 2 aliphatic carbocycles. The maximum Gasteiger partial charge on any atom is 0.224 e. The van der Waals surface area contributed by atoms with Gasteiger partial charge in [-0.05, 0) is 48.6 Å². The molecule has 4 unspecified atom stereocenters. The number of aryl methyl sites for hydroxylation is 1. The number of benzene rings is 1. The van der Waals surface area contributed by atoms with Gasteiger partial charge < -0.3 is 10.4 Å². The molecule has 2 N–H and O–H groups in total. The van der Waals surface area contributed by atoms with Crippen molar-refractivity contribution in [2.45, 2.75) is 45.1 Å². The van der Waals surface area contributed by atoms with Gasteiger partial charge in [0.05, 0.1) is 6.42 Å². The lowest BCUT2D eigenvalue weighted by molar-refractivity contribution is -0.122. The molecule has 1 aromatic rings. The van der Waals surface area contributed by atoms with Gasteiger partial charge >= 0.3 is 0 Å². The van der Waals surface area contributed by atoms with E-state index in [4.69, 9.17) is 0 Å². The number of amides is 1. The van der Waals surface area contributed by atoms with Gasteiger partial charge in [0.25, 0.3) is 0 Å². The number of nitrogens with one attached hydrogen (secondary N) is 1. The number of rotatable bonds is 5. The van der Waals surface area contributed by atoms with Gasteiger partial charge in [0.1, 0.15) is 0 Å². The lowest BCUT2D eigenvalue weighted by Crippen LogP contribution is -2.45. The molecule has 2 saturated carbocycles. The highest BCUT2D eigenvalue weighted by Crippen LogP contribution is 2.48. The molecule has 2 bridgehead atoms. The molecule has 3 heteroatoms. The zero-order valence-corrected chi connectivity index (χ0v) is 12.7. The van der Waals surface area contributed by atoms with Crippen molar-refractivity contribution in [1.82, 2.24) is 5.32 Å². The molecule has 21 heavy (non-hydrogen) atoms. The first-order valence-corrected chi connectivity index (χ1v) is 8.19. The molecular weight excluding hydrogens is 262 g/mol. The monoisotopic (exact) mass is 287 g/mol. The number of carbonyl (C=O) groups excluding carboxylic acids is 1. The van der Waals surface area contributed by atoms with Crippen molar-refractivity contribution in [3.8, 4) is 0 Å². The Labute approximate surface area is 126 Å². The number of aliphatic hydroxyl groups excluding tert-OH is 1. The van der Waals surface area contributed by atoms with E-state index in [-0.39, 0.29) is 24.5 Å². The molecule has 0 saturated heterocycles. The van der Waals surface area contributed by atoms with Gasteiger partial charge in [0.2, 0.25) is 5.91 Å². The van der Waals surface area contributed by atoms with E-state index >= 15 is 0 Å². The SMILES string of the molecule is CCc1cccc(CC(=O)NC2C3CCC(C3)C2CO)c1. The molecule has 0 heterocycles. The fourth-order valence-corrected chi connectivity index (χ4v) is 4.28. The molecule has 4 atom stereocenters. The first-order valence-electron chi connectivity index (χ1n) is 8.19. The second-order valence-electron chi connectivity index (χ2n) is 6.62. The lowest BCUT2D eigenvalue weighted by Gasteiger charge is -2.30. The standard InChI is InChI=1S/C18H25NO2/c1-2-12-4-3-5-13(8-12)9-17(21)19-18-15-7-6-14(10-15)16(18)11-20/h3-5,8,14-16,18,20H,2,6-7,9-11H2,1H3,(H,19,21). The van der Waals surface area contributed by atoms with Crippen LogP contribution in [-0.2, 0) is 17.6 Å². The van der Waals surface area contributed by atoms with Crippen molar-refractivity contribution in [3.05, 3.63) is 35.4 Å². The van der Waals surface area contributed by atoms with Gasteiger partial charge in [-0.15, -0.1) is 0 Å². The van der Waals surface area contributed by atoms with E-state index in [0.29, 0.717) is 18.3 Å². The van der Waals surface area contributed by atoms with E-state index < -0.39 is 0 Å². The van der Waals surface area contributed by atoms with Gasteiger partial charge in [-0.1, -0.05) is 31.2 Å². The minimum absolute atomic E-state index is 0.0965. The van der Waals surface area contributed by atoms with E-state index in [1.165, 1.54) is 24.8 Å². The van der Waals surface area contributed by atoms with Crippen molar-refractivity contribution < 1.29 is 9.90 Å². The third-order valence-corrected chi connectivity index (χ3v) is 5.39. The summed E-state index contributed by atoms with van der Waals surface area (Å²) in [6, 6.07) is 8.44. The quantitative estimate of drug-likeness (QED) is 0.873. The highest BCUT2D eigenvalue weighted by atomic mass is 16.3. The predicted molar refractivity (Wildman–Crippen MR) is 82.9 cm³/mol. The Morgan fingerprint density at radius 3 is 2.81 bits per heavy atom. The molecule has 0 spiro atoms. The molecule has 3 rings (SSSR count). The van der Waals surface area contributed by atoms with Gasteiger partial charge in [-0.25, -0.2) is 0 Å². The van der Waals surface area contributed by atoms with Crippen LogP contribution in [0.3, 0.4) is 0 Å². The summed E-state index contributed by atoms with van der Waals surface area (Å²) in [6.45, 7) is 2.33. The third-order valence-electron chi connectivity index (χ3n) is 5.39. The number of fused-ring (bicyclic) bond motifs is 2. The van der Waals surface area contributed by atoms with E-state index in [2.05, 4.69) is 24.4 Å². The van der Waals surface area contributed by atoms with Crippen molar-refractivity contribution in [2.24, 2.45) is 17.8 Å². The maximum absolute atomic E-state index is 12.3. The van der Waals surface area contributed by atoms with E-state index in [9.17, 15) is 9.90 Å². The fourth-order valence-electron chi connectivity index (χ4n) is 4.28. The summed E-state index contributed by atoms with van der Waals surface area (Å²) in [5.41, 5.74) is 2.35. The Kier molecular flexibility index (Phi) is 4.29. The van der Waals surface area contributed by atoms with Crippen LogP contribution in [0.25, 0.3) is 0 Å². The van der Waals surface area contributed by atoms with Crippen molar-refractivity contribution in [2.75, 3.05) is 6.61 Å². The summed E-state index contributed by atoms with van der Waals surface area (Å²) in [5, 5.41) is 12.8. The molecule has 114 valence electrons. The molecule has 1 amide bonds. The Morgan fingerprint density at radius 1 is 1.29 bits per heavy atom. The normalized spacial score (nSPS) is 30.6. The zero-order valence-electron chi connectivity index (χ0n) is 12.7. The summed E-state index contributed by atoms with van der Waals surface area (Å²) >= 11 is 0. The number of carbonyl (C=O) groups is 1. The largest absolute Gasteiger partial charge is 0.396 e. The second-order valence-corrected chi connectivity index (χ2v) is 6.62. The summed E-state index contributed by atoms with van der Waals surface area (Å²) in [7, 11) is 0. The van der Waals surface area contributed by atoms with E-state index in [1.807, 2.05) is 12.1 Å². The van der Waals surface area contributed by atoms with Gasteiger partial charge in [0, 0.05) is 18.6 Å². The lowest BCUT2D eigenvalue weighted by atomic mass is 9.85. The Bertz CT molecular complexity index is 514. The maximum atomic E-state index is 12.3. The summed E-state index contributed by atoms with van der Waals surface area (Å²) < 4.78 is 0. The molecule has 3 nitrogen and oxygen atoms in total. The van der Waals surface area contributed by atoms with Crippen molar-refractivity contribution in [1.29, 1.82) is 0 Å². The molecule has 0 aliphatic heterocycles. The van der Waals surface area contributed by atoms with Crippen LogP contribution in [0.5, 0.6) is 0 Å². The first-order chi connectivity index (χ1) is 10.2.